The zero-order valence-corrected chi connectivity index (χ0v) is 32.5. The summed E-state index contributed by atoms with van der Waals surface area (Å²) >= 11 is 0. The van der Waals surface area contributed by atoms with E-state index in [-0.39, 0.29) is 25.8 Å². The van der Waals surface area contributed by atoms with Crippen LogP contribution in [-0.4, -0.2) is 35.3 Å². The number of nitrogens with zero attached hydrogens (tertiary/aromatic N) is 1. The number of phenols is 2. The molecule has 0 heterocycles. The Morgan fingerprint density at radius 1 is 0.490 bits per heavy atom. The minimum Gasteiger partial charge on any atom is -0.507 e. The van der Waals surface area contributed by atoms with Crippen LogP contribution in [0.1, 0.15) is 33.4 Å². The van der Waals surface area contributed by atoms with Crippen LogP contribution in [0.3, 0.4) is 0 Å². The Labute approximate surface area is 312 Å². The van der Waals surface area contributed by atoms with E-state index >= 15 is 0 Å². The maximum Gasteiger partial charge on any atom is 0.126 e. The fourth-order valence-corrected chi connectivity index (χ4v) is 5.45. The van der Waals surface area contributed by atoms with E-state index in [9.17, 15) is 10.2 Å². The van der Waals surface area contributed by atoms with Crippen LogP contribution in [0.2, 0.25) is 0 Å². The molecule has 0 fully saturated rings. The van der Waals surface area contributed by atoms with Crippen LogP contribution in [0.4, 0.5) is 0 Å². The Morgan fingerprint density at radius 2 is 0.796 bits per heavy atom. The van der Waals surface area contributed by atoms with Gasteiger partial charge < -0.3 is 15.1 Å². The first-order valence-electron chi connectivity index (χ1n) is 16.4. The van der Waals surface area contributed by atoms with Gasteiger partial charge in [-0.25, -0.2) is 0 Å². The predicted octanol–water partition coefficient (Wildman–Crippen LogP) is 10.5. The van der Waals surface area contributed by atoms with Crippen molar-refractivity contribution in [3.8, 4) is 33.8 Å². The summed E-state index contributed by atoms with van der Waals surface area (Å²) in [6.45, 7) is 13.2. The number of hydrogen-bond acceptors (Lipinski definition) is 3. The van der Waals surface area contributed by atoms with E-state index in [0.717, 1.165) is 81.6 Å². The molecule has 0 aliphatic rings. The molecule has 0 amide bonds. The fourth-order valence-electron chi connectivity index (χ4n) is 5.45. The molecule has 4 heteroatoms. The van der Waals surface area contributed by atoms with Crippen LogP contribution in [0.5, 0.6) is 11.5 Å². The van der Waals surface area contributed by atoms with E-state index in [2.05, 4.69) is 51.8 Å². The molecule has 49 heavy (non-hydrogen) atoms. The SMILES string of the molecule is Cc1cc(CCN(C)CCc2cc(C)cc(-c3ccccc3)c2O)c(O)c(-c2ccccc2)c1.[CH2-]c1ccccc1.[CH2-]c1ccccc1.[Hf]. The van der Waals surface area contributed by atoms with Gasteiger partial charge in [0, 0.05) is 50.1 Å². The molecule has 0 spiro atoms. The van der Waals surface area contributed by atoms with E-state index in [0.29, 0.717) is 11.5 Å². The second-order valence-corrected chi connectivity index (χ2v) is 12.1. The van der Waals surface area contributed by atoms with Crippen LogP contribution in [0, 0.1) is 27.7 Å². The number of aryl methyl sites for hydroxylation is 2. The van der Waals surface area contributed by atoms with E-state index in [1.807, 2.05) is 133 Å². The van der Waals surface area contributed by atoms with E-state index in [1.54, 1.807) is 0 Å². The van der Waals surface area contributed by atoms with Gasteiger partial charge in [-0.2, -0.15) is 49.2 Å². The number of benzene rings is 6. The minimum absolute atomic E-state index is 0. The normalized spacial score (nSPS) is 10.2. The molecule has 0 saturated carbocycles. The molecule has 0 saturated heterocycles. The van der Waals surface area contributed by atoms with E-state index in [4.69, 9.17) is 0 Å². The molecule has 0 atom stereocenters. The average Bonchev–Trinajstić information content (AvgIpc) is 3.10. The van der Waals surface area contributed by atoms with Gasteiger partial charge in [-0.1, -0.05) is 84.9 Å². The minimum atomic E-state index is 0. The van der Waals surface area contributed by atoms with Crippen molar-refractivity contribution in [2.24, 2.45) is 0 Å². The van der Waals surface area contributed by atoms with Crippen molar-refractivity contribution >= 4 is 0 Å². The number of aromatic hydroxyl groups is 2. The number of hydrogen-bond donors (Lipinski definition) is 2. The standard InChI is InChI=1S/C31H33NO2.2C7H7.Hf/c1-22-18-26(30(33)28(20-22)24-10-6-4-7-11-24)14-16-32(3)17-15-27-19-23(2)21-29(31(27)34)25-12-8-5-9-13-25;2*1-7-5-3-2-4-6-7;/h4-13,18-21,33-34H,14-17H2,1-3H3;2*2-6H,1H2;/q;2*-1;. The first kappa shape index (κ1) is 38.9. The Kier molecular flexibility index (Phi) is 16.0. The zero-order chi connectivity index (χ0) is 34.3. The third-order valence-electron chi connectivity index (χ3n) is 8.05. The van der Waals surface area contributed by atoms with Crippen molar-refractivity contribution in [3.63, 3.8) is 0 Å². The van der Waals surface area contributed by atoms with E-state index < -0.39 is 0 Å². The molecule has 0 aliphatic heterocycles. The summed E-state index contributed by atoms with van der Waals surface area (Å²) in [5, 5.41) is 21.9. The van der Waals surface area contributed by atoms with Gasteiger partial charge in [-0.05, 0) is 79.3 Å². The summed E-state index contributed by atoms with van der Waals surface area (Å²) in [5.74, 6) is 0.739. The summed E-state index contributed by atoms with van der Waals surface area (Å²) in [7, 11) is 2.09. The molecule has 0 aliphatic carbocycles. The average molecular weight is 812 g/mol. The van der Waals surface area contributed by atoms with Gasteiger partial charge in [0.25, 0.3) is 0 Å². The summed E-state index contributed by atoms with van der Waals surface area (Å²) in [6.07, 6.45) is 1.53. The molecule has 2 N–H and O–H groups in total. The third-order valence-corrected chi connectivity index (χ3v) is 8.05. The van der Waals surface area contributed by atoms with Gasteiger partial charge in [0.1, 0.15) is 11.5 Å². The third kappa shape index (κ3) is 12.5. The number of phenolic OH excluding ortho intramolecular Hbond substituents is 2. The summed E-state index contributed by atoms with van der Waals surface area (Å²) in [5.41, 5.74) is 10.2. The topological polar surface area (TPSA) is 43.7 Å². The van der Waals surface area contributed by atoms with Crippen LogP contribution in [-0.2, 0) is 38.7 Å². The molecule has 250 valence electrons. The van der Waals surface area contributed by atoms with Crippen molar-refractivity contribution in [1.82, 2.24) is 4.90 Å². The van der Waals surface area contributed by atoms with Crippen LogP contribution >= 0.6 is 0 Å². The molecule has 6 aromatic carbocycles. The quantitative estimate of drug-likeness (QED) is 0.119. The van der Waals surface area contributed by atoms with Gasteiger partial charge in [0.15, 0.2) is 0 Å². The zero-order valence-electron chi connectivity index (χ0n) is 28.9. The molecule has 0 aromatic heterocycles. The van der Waals surface area contributed by atoms with Gasteiger partial charge in [-0.3, -0.25) is 0 Å². The van der Waals surface area contributed by atoms with Gasteiger partial charge in [-0.15, -0.1) is 24.3 Å². The van der Waals surface area contributed by atoms with Crippen molar-refractivity contribution in [2.45, 2.75) is 26.7 Å². The number of rotatable bonds is 8. The van der Waals surface area contributed by atoms with Crippen LogP contribution in [0.15, 0.2) is 146 Å². The fraction of sp³-hybridized carbons (Fsp3) is 0.156. The summed E-state index contributed by atoms with van der Waals surface area (Å²) < 4.78 is 0. The monoisotopic (exact) mass is 813 g/mol. The first-order chi connectivity index (χ1) is 23.2. The van der Waals surface area contributed by atoms with Crippen LogP contribution < -0.4 is 0 Å². The smallest absolute Gasteiger partial charge is 0.126 e. The predicted molar refractivity (Wildman–Crippen MR) is 203 cm³/mol. The first-order valence-corrected chi connectivity index (χ1v) is 16.4. The molecular formula is C45H47HfNO2-2. The van der Waals surface area contributed by atoms with Crippen molar-refractivity contribution < 1.29 is 36.1 Å². The van der Waals surface area contributed by atoms with Gasteiger partial charge >= 0.3 is 0 Å². The summed E-state index contributed by atoms with van der Waals surface area (Å²) in [6, 6.07) is 48.1. The van der Waals surface area contributed by atoms with Gasteiger partial charge in [0.2, 0.25) is 0 Å². The Balaban J connectivity index is 0.000000357. The van der Waals surface area contributed by atoms with Gasteiger partial charge in [0.05, 0.1) is 0 Å². The Morgan fingerprint density at radius 3 is 1.08 bits per heavy atom. The Hall–Kier alpha value is -4.51. The molecule has 6 rings (SSSR count). The molecule has 3 nitrogen and oxygen atoms in total. The van der Waals surface area contributed by atoms with Crippen molar-refractivity contribution in [1.29, 1.82) is 0 Å². The molecule has 0 bridgehead atoms. The second-order valence-electron chi connectivity index (χ2n) is 12.1. The molecule has 0 radical (unpaired) electrons. The maximum absolute atomic E-state index is 10.9. The Bertz CT molecular complexity index is 1690. The maximum atomic E-state index is 10.9. The molecular weight excluding hydrogens is 765 g/mol. The van der Waals surface area contributed by atoms with Crippen LogP contribution in [0.25, 0.3) is 22.3 Å². The van der Waals surface area contributed by atoms with E-state index in [1.165, 1.54) is 0 Å². The molecule has 0 unspecified atom stereocenters. The largest absolute Gasteiger partial charge is 0.507 e. The molecule has 6 aromatic rings. The summed E-state index contributed by atoms with van der Waals surface area (Å²) in [4.78, 5) is 2.26. The number of likely N-dealkylation sites (N-methyl/N-ethyl adjacent to an activating group) is 1. The van der Waals surface area contributed by atoms with Crippen molar-refractivity contribution in [2.75, 3.05) is 20.1 Å². The van der Waals surface area contributed by atoms with Crippen molar-refractivity contribution in [3.05, 3.63) is 193 Å². The second kappa shape index (κ2) is 20.1.